The molecule has 0 aromatic carbocycles. The maximum Gasteiger partial charge on any atom is 0.350 e. The Morgan fingerprint density at radius 3 is 2.65 bits per heavy atom. The van der Waals surface area contributed by atoms with Crippen molar-refractivity contribution in [1.29, 1.82) is 0 Å². The number of nitrogens with zero attached hydrogens (tertiary/aromatic N) is 3. The Hall–Kier alpha value is -2.03. The number of aliphatic hydroxyl groups is 2. The fourth-order valence-electron chi connectivity index (χ4n) is 4.45. The molecule has 3 fully saturated rings. The van der Waals surface area contributed by atoms with Crippen molar-refractivity contribution in [2.45, 2.75) is 69.1 Å². The van der Waals surface area contributed by atoms with Gasteiger partial charge in [0.15, 0.2) is 6.23 Å². The lowest BCUT2D eigenvalue weighted by atomic mass is 10.1. The quantitative estimate of drug-likeness (QED) is 0.282. The average Bonchev–Trinajstić information content (AvgIpc) is 3.16. The minimum absolute atomic E-state index is 0.277. The van der Waals surface area contributed by atoms with E-state index in [1.165, 1.54) is 12.8 Å². The summed E-state index contributed by atoms with van der Waals surface area (Å²) in [6.45, 7) is -0.277. The summed E-state index contributed by atoms with van der Waals surface area (Å²) in [5.74, 6) is 7.71. The molecule has 2 aromatic rings. The molecule has 0 amide bonds. The molecule has 5 rings (SSSR count). The number of nitrogens with one attached hydrogen (secondary N) is 1. The molecular weight excluding hydrogens is 463 g/mol. The van der Waals surface area contributed by atoms with E-state index in [0.29, 0.717) is 29.2 Å². The van der Waals surface area contributed by atoms with Gasteiger partial charge >= 0.3 is 7.60 Å². The fourth-order valence-corrected chi connectivity index (χ4v) is 4.79. The van der Waals surface area contributed by atoms with Crippen molar-refractivity contribution >= 4 is 24.4 Å². The van der Waals surface area contributed by atoms with E-state index in [0.717, 1.165) is 31.1 Å². The third-order valence-electron chi connectivity index (χ3n) is 6.39. The summed E-state index contributed by atoms with van der Waals surface area (Å²) < 4.78 is 23.5. The molecule has 0 spiro atoms. The van der Waals surface area contributed by atoms with E-state index in [2.05, 4.69) is 27.1 Å². The van der Waals surface area contributed by atoms with Crippen LogP contribution in [0.1, 0.15) is 50.6 Å². The molecule has 1 saturated heterocycles. The topological polar surface area (TPSA) is 159 Å². The van der Waals surface area contributed by atoms with Crippen LogP contribution >= 0.6 is 7.60 Å². The number of hydrogen-bond acceptors (Lipinski definition) is 8. The number of aromatic nitrogens is 3. The van der Waals surface area contributed by atoms with Crippen molar-refractivity contribution < 1.29 is 34.0 Å². The molecule has 2 saturated carbocycles. The zero-order valence-electron chi connectivity index (χ0n) is 18.6. The van der Waals surface area contributed by atoms with Crippen molar-refractivity contribution in [2.24, 2.45) is 5.92 Å². The largest absolute Gasteiger partial charge is 0.387 e. The molecule has 0 bridgehead atoms. The highest BCUT2D eigenvalue weighted by molar-refractivity contribution is 7.51. The number of aliphatic hydroxyl groups excluding tert-OH is 2. The van der Waals surface area contributed by atoms with Gasteiger partial charge in [0.2, 0.25) is 5.82 Å². The van der Waals surface area contributed by atoms with Crippen LogP contribution < -0.4 is 5.32 Å². The summed E-state index contributed by atoms with van der Waals surface area (Å²) in [7, 11) is -4.35. The molecule has 4 atom stereocenters. The van der Waals surface area contributed by atoms with Crippen molar-refractivity contribution in [3.05, 3.63) is 18.1 Å². The van der Waals surface area contributed by atoms with E-state index < -0.39 is 38.5 Å². The van der Waals surface area contributed by atoms with E-state index >= 15 is 0 Å². The van der Waals surface area contributed by atoms with Gasteiger partial charge in [0.25, 0.3) is 0 Å². The molecule has 0 radical (unpaired) electrons. The van der Waals surface area contributed by atoms with Crippen LogP contribution in [0.5, 0.6) is 0 Å². The van der Waals surface area contributed by atoms with E-state index in [-0.39, 0.29) is 6.61 Å². The number of anilines is 1. The van der Waals surface area contributed by atoms with Crippen molar-refractivity contribution in [3.8, 4) is 11.8 Å². The molecular formula is C22H29N4O7P. The molecule has 3 heterocycles. The molecule has 1 aliphatic heterocycles. The zero-order chi connectivity index (χ0) is 23.9. The Bertz CT molecular complexity index is 1150. The van der Waals surface area contributed by atoms with Crippen molar-refractivity contribution in [1.82, 2.24) is 14.5 Å². The van der Waals surface area contributed by atoms with Crippen LogP contribution in [-0.2, 0) is 14.0 Å². The Morgan fingerprint density at radius 2 is 1.94 bits per heavy atom. The van der Waals surface area contributed by atoms with Crippen LogP contribution in [0.25, 0.3) is 11.0 Å². The molecule has 0 unspecified atom stereocenters. The lowest BCUT2D eigenvalue weighted by Gasteiger charge is -2.18. The van der Waals surface area contributed by atoms with Gasteiger partial charge in [0.1, 0.15) is 36.1 Å². The van der Waals surface area contributed by atoms with Gasteiger partial charge in [-0.1, -0.05) is 18.8 Å². The van der Waals surface area contributed by atoms with Crippen LogP contribution in [0.3, 0.4) is 0 Å². The maximum atomic E-state index is 11.0. The number of fused-ring (bicyclic) bond motifs is 1. The lowest BCUT2D eigenvalue weighted by Crippen LogP contribution is -2.33. The third-order valence-corrected chi connectivity index (χ3v) is 6.91. The van der Waals surface area contributed by atoms with E-state index in [9.17, 15) is 14.8 Å². The normalized spacial score (nSPS) is 27.8. The Kier molecular flexibility index (Phi) is 6.66. The van der Waals surface area contributed by atoms with E-state index in [1.807, 2.05) is 6.07 Å². The number of ether oxygens (including phenoxy) is 2. The first-order valence-corrected chi connectivity index (χ1v) is 13.4. The highest BCUT2D eigenvalue weighted by atomic mass is 31.2. The number of rotatable bonds is 7. The van der Waals surface area contributed by atoms with E-state index in [4.69, 9.17) is 19.3 Å². The van der Waals surface area contributed by atoms with Crippen LogP contribution in [0, 0.1) is 17.8 Å². The minimum Gasteiger partial charge on any atom is -0.387 e. The van der Waals surface area contributed by atoms with Gasteiger partial charge in [-0.15, -0.1) is 0 Å². The monoisotopic (exact) mass is 492 g/mol. The van der Waals surface area contributed by atoms with Gasteiger partial charge < -0.3 is 39.4 Å². The molecule has 34 heavy (non-hydrogen) atoms. The first kappa shape index (κ1) is 23.7. The van der Waals surface area contributed by atoms with Crippen LogP contribution in [0.2, 0.25) is 0 Å². The minimum atomic E-state index is -4.35. The maximum absolute atomic E-state index is 11.0. The summed E-state index contributed by atoms with van der Waals surface area (Å²) in [5.41, 5.74) is 0.517. The molecule has 2 aliphatic carbocycles. The fraction of sp³-hybridized carbons (Fsp3) is 0.636. The van der Waals surface area contributed by atoms with Gasteiger partial charge in [-0.3, -0.25) is 4.57 Å². The van der Waals surface area contributed by atoms with Crippen LogP contribution in [0.15, 0.2) is 12.3 Å². The predicted molar refractivity (Wildman–Crippen MR) is 122 cm³/mol. The standard InChI is InChI=1S/C22H29N4O7P/c27-18-16(11-32-12-34(29,30)31)33-22(19(18)28)26-10-9-15-20(23-14-3-1-2-4-14)24-17(25-21(15)26)8-7-13-5-6-13/h9-10,13-14,16,18-19,22,27-28H,1-6,11-12H2,(H,23,24,25)(H2,29,30,31)/t16-,18-,19-,22-/m1/s1. The molecule has 5 N–H and O–H groups in total. The summed E-state index contributed by atoms with van der Waals surface area (Å²) in [6, 6.07) is 2.17. The van der Waals surface area contributed by atoms with Crippen LogP contribution in [0.4, 0.5) is 5.82 Å². The molecule has 12 heteroatoms. The molecule has 3 aliphatic rings. The van der Waals surface area contributed by atoms with Crippen molar-refractivity contribution in [2.75, 3.05) is 18.3 Å². The summed E-state index contributed by atoms with van der Waals surface area (Å²) in [4.78, 5) is 27.2. The van der Waals surface area contributed by atoms with Gasteiger partial charge in [-0.05, 0) is 37.7 Å². The molecule has 184 valence electrons. The van der Waals surface area contributed by atoms with Gasteiger partial charge in [-0.25, -0.2) is 9.97 Å². The SMILES string of the molecule is O=P(O)(O)COC[C@H]1O[C@@H](n2ccc3c(NC4CCCC4)nc(C#CC4CC4)nc32)[C@H](O)[C@@H]1O. The highest BCUT2D eigenvalue weighted by Crippen LogP contribution is 2.37. The summed E-state index contributed by atoms with van der Waals surface area (Å²) >= 11 is 0. The average molecular weight is 492 g/mol. The second-order valence-corrected chi connectivity index (χ2v) is 10.8. The third kappa shape index (κ3) is 5.29. The molecule has 11 nitrogen and oxygen atoms in total. The molecule has 2 aromatic heterocycles. The second kappa shape index (κ2) is 9.55. The first-order chi connectivity index (χ1) is 16.3. The highest BCUT2D eigenvalue weighted by Gasteiger charge is 2.44. The summed E-state index contributed by atoms with van der Waals surface area (Å²) in [6.07, 6.45) is 3.08. The van der Waals surface area contributed by atoms with Gasteiger partial charge in [-0.2, -0.15) is 0 Å². The van der Waals surface area contributed by atoms with E-state index in [1.54, 1.807) is 10.8 Å². The second-order valence-electron chi connectivity index (χ2n) is 9.24. The van der Waals surface area contributed by atoms with Crippen LogP contribution in [-0.4, -0.2) is 71.8 Å². The zero-order valence-corrected chi connectivity index (χ0v) is 19.5. The lowest BCUT2D eigenvalue weighted by molar-refractivity contribution is -0.0610. The van der Waals surface area contributed by atoms with Gasteiger partial charge in [0.05, 0.1) is 12.0 Å². The Labute approximate surface area is 196 Å². The Balaban J connectivity index is 1.43. The Morgan fingerprint density at radius 1 is 1.18 bits per heavy atom. The van der Waals surface area contributed by atoms with Crippen molar-refractivity contribution in [3.63, 3.8) is 0 Å². The smallest absolute Gasteiger partial charge is 0.350 e. The predicted octanol–water partition coefficient (Wildman–Crippen LogP) is 1.32. The van der Waals surface area contributed by atoms with Gasteiger partial charge in [0, 0.05) is 18.2 Å². The summed E-state index contributed by atoms with van der Waals surface area (Å²) in [5, 5.41) is 25.4. The first-order valence-electron chi connectivity index (χ1n) is 11.6. The number of hydrogen-bond donors (Lipinski definition) is 5.